The fourth-order valence-electron chi connectivity index (χ4n) is 0.799. The van der Waals surface area contributed by atoms with Crippen molar-refractivity contribution in [1.29, 1.82) is 0 Å². The highest BCUT2D eigenvalue weighted by molar-refractivity contribution is 4.84. The number of hydrogen-bond acceptors (Lipinski definition) is 3. The first-order chi connectivity index (χ1) is 4.92. The van der Waals surface area contributed by atoms with Gasteiger partial charge in [-0.25, -0.2) is 0 Å². The molecule has 2 unspecified atom stereocenters. The highest BCUT2D eigenvalue weighted by atomic mass is 16.3. The van der Waals surface area contributed by atoms with Gasteiger partial charge >= 0.3 is 0 Å². The molecule has 3 heteroatoms. The molecule has 0 radical (unpaired) electrons. The van der Waals surface area contributed by atoms with Gasteiger partial charge < -0.3 is 15.3 Å². The minimum absolute atomic E-state index is 0.0101. The Morgan fingerprint density at radius 1 is 1.36 bits per heavy atom. The van der Waals surface area contributed by atoms with Crippen LogP contribution >= 0.6 is 0 Å². The molecule has 3 nitrogen and oxygen atoms in total. The zero-order chi connectivity index (χ0) is 9.07. The minimum atomic E-state index is -1.09. The molecule has 3 N–H and O–H groups in total. The molecule has 0 aliphatic heterocycles. The minimum Gasteiger partial charge on any atom is -0.396 e. The molecule has 11 heavy (non-hydrogen) atoms. The molecule has 0 aliphatic carbocycles. The summed E-state index contributed by atoms with van der Waals surface area (Å²) in [6.07, 6.45) is -0.613. The van der Waals surface area contributed by atoms with Gasteiger partial charge in [0.1, 0.15) is 0 Å². The predicted molar refractivity (Wildman–Crippen MR) is 43.2 cm³/mol. The van der Waals surface area contributed by atoms with Gasteiger partial charge in [-0.1, -0.05) is 13.8 Å². The van der Waals surface area contributed by atoms with Crippen LogP contribution in [0.4, 0.5) is 0 Å². The quantitative estimate of drug-likeness (QED) is 0.551. The maximum atomic E-state index is 9.63. The van der Waals surface area contributed by atoms with E-state index in [0.717, 1.165) is 0 Å². The smallest absolute Gasteiger partial charge is 0.0901 e. The van der Waals surface area contributed by atoms with Crippen molar-refractivity contribution in [3.05, 3.63) is 0 Å². The zero-order valence-corrected chi connectivity index (χ0v) is 7.41. The van der Waals surface area contributed by atoms with Crippen LogP contribution in [0.5, 0.6) is 0 Å². The van der Waals surface area contributed by atoms with Crippen LogP contribution in [0.3, 0.4) is 0 Å². The average molecular weight is 162 g/mol. The molecule has 0 fully saturated rings. The Morgan fingerprint density at radius 3 is 2.09 bits per heavy atom. The lowest BCUT2D eigenvalue weighted by Gasteiger charge is -2.32. The van der Waals surface area contributed by atoms with Gasteiger partial charge in [0.05, 0.1) is 11.7 Å². The predicted octanol–water partition coefficient (Wildman–Crippen LogP) is 0.137. The van der Waals surface area contributed by atoms with E-state index >= 15 is 0 Å². The Labute approximate surface area is 67.7 Å². The first-order valence-electron chi connectivity index (χ1n) is 3.94. The molecular weight excluding hydrogens is 144 g/mol. The van der Waals surface area contributed by atoms with Crippen LogP contribution in [0.15, 0.2) is 0 Å². The summed E-state index contributed by atoms with van der Waals surface area (Å²) in [7, 11) is 0. The van der Waals surface area contributed by atoms with Crippen molar-refractivity contribution in [3.8, 4) is 0 Å². The summed E-state index contributed by atoms with van der Waals surface area (Å²) in [5, 5.41) is 27.5. The van der Waals surface area contributed by atoms with Crippen LogP contribution in [-0.4, -0.2) is 33.6 Å². The van der Waals surface area contributed by atoms with Crippen LogP contribution in [-0.2, 0) is 0 Å². The van der Waals surface area contributed by atoms with E-state index in [0.29, 0.717) is 0 Å². The van der Waals surface area contributed by atoms with E-state index in [-0.39, 0.29) is 18.9 Å². The van der Waals surface area contributed by atoms with Crippen molar-refractivity contribution in [3.63, 3.8) is 0 Å². The van der Waals surface area contributed by atoms with E-state index in [1.165, 1.54) is 0 Å². The Kier molecular flexibility index (Phi) is 4.00. The normalized spacial score (nSPS) is 19.9. The van der Waals surface area contributed by atoms with Gasteiger partial charge in [-0.15, -0.1) is 0 Å². The molecule has 0 saturated carbocycles. The van der Waals surface area contributed by atoms with Crippen molar-refractivity contribution >= 4 is 0 Å². The average Bonchev–Trinajstić information content (AvgIpc) is 1.88. The molecule has 0 heterocycles. The van der Waals surface area contributed by atoms with E-state index in [1.54, 1.807) is 6.92 Å². The maximum absolute atomic E-state index is 9.63. The largest absolute Gasteiger partial charge is 0.396 e. The van der Waals surface area contributed by atoms with E-state index < -0.39 is 11.7 Å². The van der Waals surface area contributed by atoms with E-state index in [9.17, 15) is 10.2 Å². The van der Waals surface area contributed by atoms with Crippen molar-refractivity contribution < 1.29 is 15.3 Å². The number of aliphatic hydroxyl groups is 3. The van der Waals surface area contributed by atoms with Gasteiger partial charge in [0, 0.05) is 6.61 Å². The summed E-state index contributed by atoms with van der Waals surface area (Å²) in [5.74, 6) is -0.0101. The lowest BCUT2D eigenvalue weighted by atomic mass is 9.85. The molecular formula is C8H18O3. The van der Waals surface area contributed by atoms with Gasteiger partial charge in [-0.3, -0.25) is 0 Å². The number of hydrogen-bond donors (Lipinski definition) is 3. The Bertz CT molecular complexity index is 110. The van der Waals surface area contributed by atoms with Crippen LogP contribution < -0.4 is 0 Å². The molecule has 0 saturated heterocycles. The zero-order valence-electron chi connectivity index (χ0n) is 7.41. The van der Waals surface area contributed by atoms with Crippen LogP contribution in [0, 0.1) is 5.92 Å². The molecule has 0 aromatic carbocycles. The van der Waals surface area contributed by atoms with Gasteiger partial charge in [0.15, 0.2) is 0 Å². The monoisotopic (exact) mass is 162 g/mol. The van der Waals surface area contributed by atoms with Gasteiger partial charge in [-0.2, -0.15) is 0 Å². The number of rotatable bonds is 4. The Hall–Kier alpha value is -0.120. The summed E-state index contributed by atoms with van der Waals surface area (Å²) in [6.45, 7) is 5.16. The SMILES string of the molecule is CC(C)C(C)(O)C(O)CCO. The second-order valence-electron chi connectivity index (χ2n) is 3.41. The van der Waals surface area contributed by atoms with Crippen molar-refractivity contribution in [2.75, 3.05) is 6.61 Å². The standard InChI is InChI=1S/C8H18O3/c1-6(2)8(3,11)7(10)4-5-9/h6-7,9-11H,4-5H2,1-3H3. The summed E-state index contributed by atoms with van der Waals surface area (Å²) in [4.78, 5) is 0. The van der Waals surface area contributed by atoms with Gasteiger partial charge in [-0.05, 0) is 19.3 Å². The summed E-state index contributed by atoms with van der Waals surface area (Å²) >= 11 is 0. The fraction of sp³-hybridized carbons (Fsp3) is 1.00. The van der Waals surface area contributed by atoms with Crippen molar-refractivity contribution in [2.24, 2.45) is 5.92 Å². The highest BCUT2D eigenvalue weighted by Gasteiger charge is 2.32. The van der Waals surface area contributed by atoms with Crippen LogP contribution in [0.2, 0.25) is 0 Å². The molecule has 0 amide bonds. The van der Waals surface area contributed by atoms with Gasteiger partial charge in [0.25, 0.3) is 0 Å². The Morgan fingerprint density at radius 2 is 1.82 bits per heavy atom. The third-order valence-corrected chi connectivity index (χ3v) is 2.25. The van der Waals surface area contributed by atoms with Crippen LogP contribution in [0.1, 0.15) is 27.2 Å². The molecule has 68 valence electrons. The summed E-state index contributed by atoms with van der Waals surface area (Å²) < 4.78 is 0. The maximum Gasteiger partial charge on any atom is 0.0901 e. The number of aliphatic hydroxyl groups excluding tert-OH is 2. The van der Waals surface area contributed by atoms with E-state index in [1.807, 2.05) is 13.8 Å². The third-order valence-electron chi connectivity index (χ3n) is 2.25. The molecule has 0 spiro atoms. The lowest BCUT2D eigenvalue weighted by Crippen LogP contribution is -2.44. The molecule has 0 aromatic rings. The lowest BCUT2D eigenvalue weighted by molar-refractivity contribution is -0.0985. The first kappa shape index (κ1) is 10.9. The molecule has 2 atom stereocenters. The van der Waals surface area contributed by atoms with E-state index in [2.05, 4.69) is 0 Å². The Balaban J connectivity index is 4.05. The summed E-state index contributed by atoms with van der Waals surface area (Å²) in [6, 6.07) is 0. The summed E-state index contributed by atoms with van der Waals surface area (Å²) in [5.41, 5.74) is -1.09. The molecule has 0 rings (SSSR count). The van der Waals surface area contributed by atoms with E-state index in [4.69, 9.17) is 5.11 Å². The second-order valence-corrected chi connectivity index (χ2v) is 3.41. The molecule has 0 aliphatic rings. The molecule has 0 bridgehead atoms. The topological polar surface area (TPSA) is 60.7 Å². The van der Waals surface area contributed by atoms with Gasteiger partial charge in [0.2, 0.25) is 0 Å². The third kappa shape index (κ3) is 2.77. The van der Waals surface area contributed by atoms with Crippen molar-refractivity contribution in [1.82, 2.24) is 0 Å². The first-order valence-corrected chi connectivity index (χ1v) is 3.94. The fourth-order valence-corrected chi connectivity index (χ4v) is 0.799. The van der Waals surface area contributed by atoms with Crippen LogP contribution in [0.25, 0.3) is 0 Å². The highest BCUT2D eigenvalue weighted by Crippen LogP contribution is 2.22. The van der Waals surface area contributed by atoms with Crippen molar-refractivity contribution in [2.45, 2.75) is 38.9 Å². The second kappa shape index (κ2) is 4.04. The molecule has 0 aromatic heterocycles.